The van der Waals surface area contributed by atoms with Crippen molar-refractivity contribution in [2.75, 3.05) is 0 Å². The predicted octanol–water partition coefficient (Wildman–Crippen LogP) is -1.20. The minimum Gasteiger partial charge on any atom is -0.481 e. The largest absolute Gasteiger partial charge is 0.481 e. The maximum atomic E-state index is 12.8. The van der Waals surface area contributed by atoms with Crippen molar-refractivity contribution in [3.05, 3.63) is 0 Å². The number of aliphatic hydroxyl groups is 1. The first-order chi connectivity index (χ1) is 14.7. The Labute approximate surface area is 187 Å². The number of carbonyl (C=O) groups is 5. The summed E-state index contributed by atoms with van der Waals surface area (Å²) in [6.07, 6.45) is -1.90. The Balaban J connectivity index is 5.57. The number of carboxylic acids is 2. The average molecular weight is 461 g/mol. The van der Waals surface area contributed by atoms with Crippen LogP contribution in [0.5, 0.6) is 0 Å². The van der Waals surface area contributed by atoms with Crippen molar-refractivity contribution < 1.29 is 39.3 Å². The molecule has 0 aliphatic heterocycles. The summed E-state index contributed by atoms with van der Waals surface area (Å²) in [5, 5.41) is 34.8. The van der Waals surface area contributed by atoms with Gasteiger partial charge in [0.1, 0.15) is 12.1 Å². The number of carbonyl (C=O) groups excluding carboxylic acids is 3. The molecule has 0 fully saturated rings. The van der Waals surface area contributed by atoms with Gasteiger partial charge in [0, 0.05) is 6.42 Å². The molecule has 5 unspecified atom stereocenters. The van der Waals surface area contributed by atoms with Crippen LogP contribution in [0.15, 0.2) is 0 Å². The lowest BCUT2D eigenvalue weighted by molar-refractivity contribution is -0.145. The molecule has 3 amide bonds. The first-order valence-electron chi connectivity index (χ1n) is 10.5. The highest BCUT2D eigenvalue weighted by Crippen LogP contribution is 2.09. The molecule has 12 heteroatoms. The van der Waals surface area contributed by atoms with E-state index in [9.17, 15) is 29.1 Å². The molecule has 32 heavy (non-hydrogen) atoms. The lowest BCUT2D eigenvalue weighted by Crippen LogP contribution is -2.58. The second kappa shape index (κ2) is 13.6. The molecular formula is C20H36N4O8. The van der Waals surface area contributed by atoms with Gasteiger partial charge in [-0.05, 0) is 31.6 Å². The molecule has 5 atom stereocenters. The zero-order chi connectivity index (χ0) is 25.2. The van der Waals surface area contributed by atoms with Crippen LogP contribution >= 0.6 is 0 Å². The van der Waals surface area contributed by atoms with E-state index < -0.39 is 66.4 Å². The van der Waals surface area contributed by atoms with Gasteiger partial charge in [-0.1, -0.05) is 27.7 Å². The Morgan fingerprint density at radius 1 is 0.812 bits per heavy atom. The van der Waals surface area contributed by atoms with E-state index >= 15 is 0 Å². The molecule has 12 nitrogen and oxygen atoms in total. The van der Waals surface area contributed by atoms with E-state index in [1.807, 2.05) is 0 Å². The molecule has 0 rings (SSSR count). The van der Waals surface area contributed by atoms with Crippen molar-refractivity contribution >= 4 is 29.7 Å². The van der Waals surface area contributed by atoms with Gasteiger partial charge in [-0.2, -0.15) is 0 Å². The van der Waals surface area contributed by atoms with Crippen molar-refractivity contribution in [2.45, 2.75) is 84.2 Å². The maximum absolute atomic E-state index is 12.8. The molecule has 0 saturated heterocycles. The predicted molar refractivity (Wildman–Crippen MR) is 114 cm³/mol. The third-order valence-corrected chi connectivity index (χ3v) is 4.69. The molecule has 0 aliphatic rings. The highest BCUT2D eigenvalue weighted by Gasteiger charge is 2.32. The fourth-order valence-electron chi connectivity index (χ4n) is 2.73. The summed E-state index contributed by atoms with van der Waals surface area (Å²) in [5.41, 5.74) is 5.79. The van der Waals surface area contributed by atoms with Crippen LogP contribution in [-0.2, 0) is 24.0 Å². The maximum Gasteiger partial charge on any atom is 0.328 e. The number of rotatable bonds is 14. The van der Waals surface area contributed by atoms with Crippen molar-refractivity contribution in [2.24, 2.45) is 17.6 Å². The van der Waals surface area contributed by atoms with Crippen LogP contribution in [0.4, 0.5) is 0 Å². The van der Waals surface area contributed by atoms with Gasteiger partial charge in [0.25, 0.3) is 0 Å². The van der Waals surface area contributed by atoms with E-state index in [2.05, 4.69) is 16.0 Å². The van der Waals surface area contributed by atoms with Gasteiger partial charge in [-0.15, -0.1) is 0 Å². The second-order valence-electron chi connectivity index (χ2n) is 8.52. The molecule has 0 spiro atoms. The lowest BCUT2D eigenvalue weighted by atomic mass is 10.0. The molecule has 8 N–H and O–H groups in total. The SMILES string of the molecule is CC(C)CC(NC(=O)C(CCC(=O)O)NC(=O)C(N)C(C)C)C(=O)NC(C(=O)O)C(C)O. The quantitative estimate of drug-likeness (QED) is 0.166. The lowest BCUT2D eigenvalue weighted by Gasteiger charge is -2.26. The van der Waals surface area contributed by atoms with Crippen molar-refractivity contribution in [1.29, 1.82) is 0 Å². The van der Waals surface area contributed by atoms with Crippen LogP contribution < -0.4 is 21.7 Å². The van der Waals surface area contributed by atoms with Crippen LogP contribution in [-0.4, -0.2) is 75.3 Å². The van der Waals surface area contributed by atoms with Gasteiger partial charge in [-0.25, -0.2) is 4.79 Å². The van der Waals surface area contributed by atoms with Crippen LogP contribution in [0.2, 0.25) is 0 Å². The standard InChI is InChI=1S/C20H36N4O8/c1-9(2)8-13(18(29)24-16(11(5)25)20(31)32)23-17(28)12(6-7-14(26)27)22-19(30)15(21)10(3)4/h9-13,15-16,25H,6-8,21H2,1-5H3,(H,22,30)(H,23,28)(H,24,29)(H,26,27)(H,31,32). The Bertz CT molecular complexity index is 681. The van der Waals surface area contributed by atoms with Gasteiger partial charge in [0.15, 0.2) is 6.04 Å². The van der Waals surface area contributed by atoms with Crippen molar-refractivity contribution in [1.82, 2.24) is 16.0 Å². The zero-order valence-corrected chi connectivity index (χ0v) is 19.1. The molecule has 184 valence electrons. The summed E-state index contributed by atoms with van der Waals surface area (Å²) < 4.78 is 0. The Kier molecular flexibility index (Phi) is 12.5. The summed E-state index contributed by atoms with van der Waals surface area (Å²) in [6, 6.07) is -4.95. The number of carboxylic acid groups (broad SMARTS) is 2. The van der Waals surface area contributed by atoms with Crippen LogP contribution in [0, 0.1) is 11.8 Å². The third-order valence-electron chi connectivity index (χ3n) is 4.69. The van der Waals surface area contributed by atoms with Crippen molar-refractivity contribution in [3.8, 4) is 0 Å². The molecule has 0 aromatic carbocycles. The first kappa shape index (κ1) is 29.3. The summed E-state index contributed by atoms with van der Waals surface area (Å²) in [6.45, 7) is 8.17. The molecule has 0 bridgehead atoms. The summed E-state index contributed by atoms with van der Waals surface area (Å²) in [5.74, 6) is -5.22. The Hall–Kier alpha value is -2.73. The first-order valence-corrected chi connectivity index (χ1v) is 10.5. The van der Waals surface area contributed by atoms with Crippen LogP contribution in [0.1, 0.15) is 53.9 Å². The fourth-order valence-corrected chi connectivity index (χ4v) is 2.73. The molecule has 0 heterocycles. The smallest absolute Gasteiger partial charge is 0.328 e. The molecule has 0 saturated carbocycles. The topological polar surface area (TPSA) is 208 Å². The molecule has 0 aliphatic carbocycles. The van der Waals surface area contributed by atoms with E-state index in [0.29, 0.717) is 0 Å². The summed E-state index contributed by atoms with van der Waals surface area (Å²) >= 11 is 0. The number of hydrogen-bond acceptors (Lipinski definition) is 7. The van der Waals surface area contributed by atoms with Gasteiger partial charge >= 0.3 is 11.9 Å². The summed E-state index contributed by atoms with van der Waals surface area (Å²) in [7, 11) is 0. The number of hydrogen-bond donors (Lipinski definition) is 7. The molecule has 0 radical (unpaired) electrons. The third kappa shape index (κ3) is 10.5. The minimum absolute atomic E-state index is 0.0812. The van der Waals surface area contributed by atoms with Crippen LogP contribution in [0.25, 0.3) is 0 Å². The molecule has 0 aromatic rings. The Morgan fingerprint density at radius 2 is 1.31 bits per heavy atom. The van der Waals surface area contributed by atoms with Gasteiger partial charge in [0.05, 0.1) is 12.1 Å². The van der Waals surface area contributed by atoms with E-state index in [1.165, 1.54) is 6.92 Å². The fraction of sp³-hybridized carbons (Fsp3) is 0.750. The number of aliphatic hydroxyl groups excluding tert-OH is 1. The average Bonchev–Trinajstić information content (AvgIpc) is 2.66. The van der Waals surface area contributed by atoms with Gasteiger partial charge in [0.2, 0.25) is 17.7 Å². The van der Waals surface area contributed by atoms with Crippen molar-refractivity contribution in [3.63, 3.8) is 0 Å². The van der Waals surface area contributed by atoms with Crippen LogP contribution in [0.3, 0.4) is 0 Å². The van der Waals surface area contributed by atoms with Gasteiger partial charge in [-0.3, -0.25) is 19.2 Å². The van der Waals surface area contributed by atoms with E-state index in [1.54, 1.807) is 27.7 Å². The number of nitrogens with one attached hydrogen (secondary N) is 3. The monoisotopic (exact) mass is 460 g/mol. The minimum atomic E-state index is -1.58. The highest BCUT2D eigenvalue weighted by atomic mass is 16.4. The Morgan fingerprint density at radius 3 is 1.72 bits per heavy atom. The number of amides is 3. The van der Waals surface area contributed by atoms with Gasteiger partial charge < -0.3 is 37.0 Å². The highest BCUT2D eigenvalue weighted by molar-refractivity contribution is 5.94. The van der Waals surface area contributed by atoms with E-state index in [-0.39, 0.29) is 24.7 Å². The second-order valence-corrected chi connectivity index (χ2v) is 8.52. The number of nitrogens with two attached hydrogens (primary N) is 1. The van der Waals surface area contributed by atoms with E-state index in [4.69, 9.17) is 15.9 Å². The normalized spacial score (nSPS) is 15.9. The van der Waals surface area contributed by atoms with E-state index in [0.717, 1.165) is 0 Å². The molecular weight excluding hydrogens is 424 g/mol. The molecule has 0 aromatic heterocycles. The number of aliphatic carboxylic acids is 2. The summed E-state index contributed by atoms with van der Waals surface area (Å²) in [4.78, 5) is 60.0. The zero-order valence-electron chi connectivity index (χ0n) is 19.1.